The van der Waals surface area contributed by atoms with Crippen LogP contribution >= 0.6 is 11.6 Å². The van der Waals surface area contributed by atoms with Crippen molar-refractivity contribution in [2.24, 2.45) is 0 Å². The normalized spacial score (nSPS) is 25.2. The van der Waals surface area contributed by atoms with Gasteiger partial charge in [-0.1, -0.05) is 30.7 Å². The highest BCUT2D eigenvalue weighted by Crippen LogP contribution is 2.34. The predicted octanol–water partition coefficient (Wildman–Crippen LogP) is 2.99. The van der Waals surface area contributed by atoms with Crippen molar-refractivity contribution < 1.29 is 14.7 Å². The van der Waals surface area contributed by atoms with Gasteiger partial charge in [-0.2, -0.15) is 0 Å². The van der Waals surface area contributed by atoms with Gasteiger partial charge in [-0.25, -0.2) is 0 Å². The van der Waals surface area contributed by atoms with Gasteiger partial charge in [-0.15, -0.1) is 0 Å². The number of benzene rings is 1. The zero-order valence-electron chi connectivity index (χ0n) is 15.3. The number of nitrogens with zero attached hydrogens (tertiary/aromatic N) is 1. The molecule has 3 rings (SSSR count). The number of hydrogen-bond acceptors (Lipinski definition) is 3. The van der Waals surface area contributed by atoms with Crippen LogP contribution in [0.15, 0.2) is 24.3 Å². The minimum Gasteiger partial charge on any atom is -0.385 e. The van der Waals surface area contributed by atoms with Crippen LogP contribution in [0, 0.1) is 0 Å². The van der Waals surface area contributed by atoms with Crippen LogP contribution in [0.2, 0.25) is 5.02 Å². The Balaban J connectivity index is 1.53. The van der Waals surface area contributed by atoms with Crippen molar-refractivity contribution in [3.05, 3.63) is 34.9 Å². The molecular weight excluding hydrogens is 352 g/mol. The molecule has 0 aromatic heterocycles. The lowest BCUT2D eigenvalue weighted by molar-refractivity contribution is -0.136. The Morgan fingerprint density at radius 2 is 1.88 bits per heavy atom. The van der Waals surface area contributed by atoms with Gasteiger partial charge in [-0.3, -0.25) is 9.59 Å². The first-order valence-electron chi connectivity index (χ1n) is 9.43. The number of hydrogen-bond donors (Lipinski definition) is 2. The minimum atomic E-state index is -0.897. The number of nitrogens with one attached hydrogen (secondary N) is 1. The highest BCUT2D eigenvalue weighted by molar-refractivity contribution is 6.30. The average Bonchev–Trinajstić information content (AvgIpc) is 3.02. The summed E-state index contributed by atoms with van der Waals surface area (Å²) in [5.74, 6) is 0.197. The molecule has 1 unspecified atom stereocenters. The molecule has 0 spiro atoms. The Bertz CT molecular complexity index is 668. The molecule has 2 fully saturated rings. The van der Waals surface area contributed by atoms with Crippen molar-refractivity contribution in [3.63, 3.8) is 0 Å². The fourth-order valence-corrected chi connectivity index (χ4v) is 4.21. The fourth-order valence-electron chi connectivity index (χ4n) is 4.08. The zero-order chi connectivity index (χ0) is 18.8. The summed E-state index contributed by atoms with van der Waals surface area (Å²) < 4.78 is 0. The van der Waals surface area contributed by atoms with E-state index in [1.54, 1.807) is 12.1 Å². The van der Waals surface area contributed by atoms with Crippen LogP contribution in [-0.2, 0) is 15.2 Å². The standard InChI is InChI=1S/C20H27ClN2O3/c1-2-19(9-7-17(24)22-19)10-8-18(25)23-13-11-20(26,12-14-23)15-3-5-16(21)6-4-15/h3-6,26H,2,7-14H2,1H3,(H,22,24). The highest BCUT2D eigenvalue weighted by atomic mass is 35.5. The maximum Gasteiger partial charge on any atom is 0.222 e. The molecule has 1 aromatic rings. The summed E-state index contributed by atoms with van der Waals surface area (Å²) in [7, 11) is 0. The van der Waals surface area contributed by atoms with Crippen molar-refractivity contribution in [1.82, 2.24) is 10.2 Å². The number of likely N-dealkylation sites (tertiary alicyclic amines) is 1. The highest BCUT2D eigenvalue weighted by Gasteiger charge is 2.38. The minimum absolute atomic E-state index is 0.0882. The molecule has 26 heavy (non-hydrogen) atoms. The summed E-state index contributed by atoms with van der Waals surface area (Å²) in [5, 5.41) is 14.6. The molecule has 0 aliphatic carbocycles. The fraction of sp³-hybridized carbons (Fsp3) is 0.600. The van der Waals surface area contributed by atoms with Gasteiger partial charge in [0.1, 0.15) is 0 Å². The molecule has 2 saturated heterocycles. The molecule has 1 atom stereocenters. The lowest BCUT2D eigenvalue weighted by Crippen LogP contribution is -2.46. The molecule has 2 aliphatic rings. The third-order valence-electron chi connectivity index (χ3n) is 6.05. The number of amides is 2. The van der Waals surface area contributed by atoms with E-state index < -0.39 is 5.60 Å². The van der Waals surface area contributed by atoms with Crippen molar-refractivity contribution in [1.29, 1.82) is 0 Å². The van der Waals surface area contributed by atoms with E-state index in [4.69, 9.17) is 11.6 Å². The Hall–Kier alpha value is -1.59. The molecule has 6 heteroatoms. The molecular formula is C20H27ClN2O3. The van der Waals surface area contributed by atoms with Gasteiger partial charge in [0, 0.05) is 36.5 Å². The van der Waals surface area contributed by atoms with Crippen molar-refractivity contribution in [3.8, 4) is 0 Å². The first-order valence-corrected chi connectivity index (χ1v) is 9.81. The van der Waals surface area contributed by atoms with E-state index in [2.05, 4.69) is 12.2 Å². The van der Waals surface area contributed by atoms with Crippen molar-refractivity contribution in [2.45, 2.75) is 63.0 Å². The number of carbonyl (C=O) groups excluding carboxylic acids is 2. The second-order valence-electron chi connectivity index (χ2n) is 7.60. The Labute approximate surface area is 159 Å². The van der Waals surface area contributed by atoms with Gasteiger partial charge in [0.25, 0.3) is 0 Å². The van der Waals surface area contributed by atoms with E-state index in [9.17, 15) is 14.7 Å². The number of aliphatic hydroxyl groups is 1. The molecule has 5 nitrogen and oxygen atoms in total. The maximum atomic E-state index is 12.6. The van der Waals surface area contributed by atoms with E-state index in [-0.39, 0.29) is 17.4 Å². The van der Waals surface area contributed by atoms with Crippen LogP contribution in [-0.4, -0.2) is 40.4 Å². The Morgan fingerprint density at radius 3 is 2.42 bits per heavy atom. The molecule has 2 N–H and O–H groups in total. The Kier molecular flexibility index (Phi) is 5.58. The Morgan fingerprint density at radius 1 is 1.23 bits per heavy atom. The molecule has 0 bridgehead atoms. The average molecular weight is 379 g/mol. The molecule has 2 amide bonds. The van der Waals surface area contributed by atoms with Crippen molar-refractivity contribution >= 4 is 23.4 Å². The van der Waals surface area contributed by atoms with Gasteiger partial charge in [0.15, 0.2) is 0 Å². The predicted molar refractivity (Wildman–Crippen MR) is 101 cm³/mol. The van der Waals surface area contributed by atoms with Crippen LogP contribution < -0.4 is 5.32 Å². The lowest BCUT2D eigenvalue weighted by Gasteiger charge is -2.39. The van der Waals surface area contributed by atoms with Crippen LogP contribution in [0.1, 0.15) is 57.4 Å². The molecule has 142 valence electrons. The van der Waals surface area contributed by atoms with Gasteiger partial charge in [0.2, 0.25) is 11.8 Å². The van der Waals surface area contributed by atoms with E-state index in [1.807, 2.05) is 17.0 Å². The molecule has 2 aliphatic heterocycles. The number of piperidine rings is 1. The first-order chi connectivity index (χ1) is 12.4. The van der Waals surface area contributed by atoms with Gasteiger partial charge >= 0.3 is 0 Å². The maximum absolute atomic E-state index is 12.6. The number of halogens is 1. The molecule has 0 saturated carbocycles. The van der Waals surface area contributed by atoms with Crippen LogP contribution in [0.4, 0.5) is 0 Å². The summed E-state index contributed by atoms with van der Waals surface area (Å²) in [4.78, 5) is 26.0. The van der Waals surface area contributed by atoms with Crippen LogP contribution in [0.3, 0.4) is 0 Å². The molecule has 2 heterocycles. The second kappa shape index (κ2) is 7.57. The van der Waals surface area contributed by atoms with Gasteiger partial charge in [0.05, 0.1) is 5.60 Å². The topological polar surface area (TPSA) is 69.6 Å². The summed E-state index contributed by atoms with van der Waals surface area (Å²) in [6.45, 7) is 3.15. The smallest absolute Gasteiger partial charge is 0.222 e. The SMILES string of the molecule is CCC1(CCC(=O)N2CCC(O)(c3ccc(Cl)cc3)CC2)CCC(=O)N1. The van der Waals surface area contributed by atoms with E-state index in [1.165, 1.54) is 0 Å². The van der Waals surface area contributed by atoms with E-state index >= 15 is 0 Å². The van der Waals surface area contributed by atoms with Crippen molar-refractivity contribution in [2.75, 3.05) is 13.1 Å². The molecule has 1 aromatic carbocycles. The van der Waals surface area contributed by atoms with Gasteiger partial charge in [-0.05, 0) is 49.8 Å². The number of rotatable bonds is 5. The summed E-state index contributed by atoms with van der Waals surface area (Å²) in [6.07, 6.45) is 4.39. The van der Waals surface area contributed by atoms with Crippen LogP contribution in [0.5, 0.6) is 0 Å². The second-order valence-corrected chi connectivity index (χ2v) is 8.04. The largest absolute Gasteiger partial charge is 0.385 e. The first kappa shape index (κ1) is 19.2. The summed E-state index contributed by atoms with van der Waals surface area (Å²) >= 11 is 5.92. The quantitative estimate of drug-likeness (QED) is 0.827. The van der Waals surface area contributed by atoms with E-state index in [0.717, 1.165) is 18.4 Å². The summed E-state index contributed by atoms with van der Waals surface area (Å²) in [5.41, 5.74) is -0.259. The lowest BCUT2D eigenvalue weighted by atomic mass is 9.84. The summed E-state index contributed by atoms with van der Waals surface area (Å²) in [6, 6.07) is 7.28. The zero-order valence-corrected chi connectivity index (χ0v) is 16.0. The molecule has 0 radical (unpaired) electrons. The monoisotopic (exact) mass is 378 g/mol. The van der Waals surface area contributed by atoms with Gasteiger partial charge < -0.3 is 15.3 Å². The van der Waals surface area contributed by atoms with Crippen LogP contribution in [0.25, 0.3) is 0 Å². The van der Waals surface area contributed by atoms with E-state index in [0.29, 0.717) is 50.2 Å². The number of carbonyl (C=O) groups is 2. The third kappa shape index (κ3) is 4.04. The third-order valence-corrected chi connectivity index (χ3v) is 6.31.